The van der Waals surface area contributed by atoms with Crippen LogP contribution in [-0.4, -0.2) is 18.1 Å². The fraction of sp³-hybridized carbons (Fsp3) is 0.800. The largest absolute Gasteiger partial charge is 0.369 e. The van der Waals surface area contributed by atoms with Crippen molar-refractivity contribution in [2.24, 2.45) is 0 Å². The van der Waals surface area contributed by atoms with Crippen LogP contribution in [-0.2, 0) is 16.9 Å². The molecule has 1 N–H and O–H groups in total. The molecule has 1 heterocycles. The lowest BCUT2D eigenvalue weighted by molar-refractivity contribution is -0.0142. The Morgan fingerprint density at radius 1 is 1.37 bits per heavy atom. The highest BCUT2D eigenvalue weighted by molar-refractivity contribution is 7.11. The summed E-state index contributed by atoms with van der Waals surface area (Å²) in [6.45, 7) is 11.2. The quantitative estimate of drug-likeness (QED) is 0.737. The zero-order valence-corrected chi connectivity index (χ0v) is 13.4. The van der Waals surface area contributed by atoms with E-state index in [4.69, 9.17) is 9.72 Å². The van der Waals surface area contributed by atoms with E-state index in [1.165, 1.54) is 29.8 Å². The average molecular weight is 282 g/mol. The van der Waals surface area contributed by atoms with Crippen molar-refractivity contribution in [3.63, 3.8) is 0 Å². The van der Waals surface area contributed by atoms with Gasteiger partial charge in [-0.1, -0.05) is 6.92 Å². The minimum Gasteiger partial charge on any atom is -0.369 e. The summed E-state index contributed by atoms with van der Waals surface area (Å²) in [7, 11) is 0. The third kappa shape index (κ3) is 3.77. The Bertz CT molecular complexity index is 410. The second-order valence-corrected chi connectivity index (χ2v) is 6.81. The van der Waals surface area contributed by atoms with Crippen molar-refractivity contribution >= 4 is 11.3 Å². The van der Waals surface area contributed by atoms with Crippen LogP contribution in [0, 0.1) is 0 Å². The van der Waals surface area contributed by atoms with Crippen molar-refractivity contribution in [3.05, 3.63) is 15.6 Å². The lowest BCUT2D eigenvalue weighted by Gasteiger charge is -2.21. The van der Waals surface area contributed by atoms with E-state index in [-0.39, 0.29) is 5.60 Å². The van der Waals surface area contributed by atoms with Crippen molar-refractivity contribution in [2.75, 3.05) is 13.2 Å². The Hall–Kier alpha value is -0.450. The zero-order chi connectivity index (χ0) is 13.9. The van der Waals surface area contributed by atoms with Crippen LogP contribution in [0.2, 0.25) is 0 Å². The number of hydrogen-bond acceptors (Lipinski definition) is 4. The molecule has 1 saturated carbocycles. The third-order valence-electron chi connectivity index (χ3n) is 3.42. The summed E-state index contributed by atoms with van der Waals surface area (Å²) < 4.78 is 5.84. The zero-order valence-electron chi connectivity index (χ0n) is 12.6. The van der Waals surface area contributed by atoms with Crippen LogP contribution in [0.1, 0.15) is 68.5 Å². The number of thiazole rings is 1. The Balaban J connectivity index is 2.14. The molecular formula is C15H26N2OS. The molecule has 3 nitrogen and oxygen atoms in total. The molecule has 0 spiro atoms. The highest BCUT2D eigenvalue weighted by Crippen LogP contribution is 2.44. The average Bonchev–Trinajstić information content (AvgIpc) is 3.10. The fourth-order valence-electron chi connectivity index (χ4n) is 2.22. The number of rotatable bonds is 8. The summed E-state index contributed by atoms with van der Waals surface area (Å²) in [5.74, 6) is 0.709. The molecule has 2 rings (SSSR count). The molecule has 0 bridgehead atoms. The smallest absolute Gasteiger partial charge is 0.125 e. The molecular weight excluding hydrogens is 256 g/mol. The molecule has 0 aromatic carbocycles. The van der Waals surface area contributed by atoms with Crippen LogP contribution in [0.4, 0.5) is 0 Å². The maximum absolute atomic E-state index is 5.84. The fourth-order valence-corrected chi connectivity index (χ4v) is 3.40. The summed E-state index contributed by atoms with van der Waals surface area (Å²) in [5.41, 5.74) is 1.07. The molecule has 0 saturated heterocycles. The maximum atomic E-state index is 5.84. The molecule has 1 aliphatic rings. The van der Waals surface area contributed by atoms with E-state index in [0.29, 0.717) is 5.92 Å². The van der Waals surface area contributed by atoms with Gasteiger partial charge in [-0.15, -0.1) is 11.3 Å². The van der Waals surface area contributed by atoms with E-state index in [1.807, 2.05) is 18.3 Å². The molecule has 1 fully saturated rings. The van der Waals surface area contributed by atoms with Gasteiger partial charge in [-0.2, -0.15) is 0 Å². The van der Waals surface area contributed by atoms with Gasteiger partial charge in [0.05, 0.1) is 5.69 Å². The minimum atomic E-state index is -0.258. The van der Waals surface area contributed by atoms with Gasteiger partial charge in [0.1, 0.15) is 10.6 Å². The summed E-state index contributed by atoms with van der Waals surface area (Å²) in [6, 6.07) is 0. The first-order valence-corrected chi connectivity index (χ1v) is 8.24. The summed E-state index contributed by atoms with van der Waals surface area (Å²) in [5, 5.41) is 4.63. The molecule has 0 atom stereocenters. The van der Waals surface area contributed by atoms with Crippen molar-refractivity contribution < 1.29 is 4.74 Å². The molecule has 0 radical (unpaired) electrons. The molecule has 1 aliphatic carbocycles. The Kier molecular flexibility index (Phi) is 4.98. The Labute approximate surface area is 120 Å². The predicted molar refractivity (Wildman–Crippen MR) is 80.7 cm³/mol. The number of nitrogens with zero attached hydrogens (tertiary/aromatic N) is 1. The monoisotopic (exact) mass is 282 g/mol. The molecule has 0 amide bonds. The van der Waals surface area contributed by atoms with Gasteiger partial charge >= 0.3 is 0 Å². The SMILES string of the molecule is CCCNCc1sc(C(C)(C)OCC)nc1C1CC1. The van der Waals surface area contributed by atoms with E-state index in [1.54, 1.807) is 0 Å². The van der Waals surface area contributed by atoms with E-state index < -0.39 is 0 Å². The number of nitrogens with one attached hydrogen (secondary N) is 1. The second kappa shape index (κ2) is 6.33. The van der Waals surface area contributed by atoms with Gasteiger partial charge < -0.3 is 10.1 Å². The Morgan fingerprint density at radius 2 is 2.11 bits per heavy atom. The van der Waals surface area contributed by atoms with Gasteiger partial charge in [-0.05, 0) is 46.6 Å². The summed E-state index contributed by atoms with van der Waals surface area (Å²) in [6.07, 6.45) is 3.78. The first-order chi connectivity index (χ1) is 9.08. The molecule has 108 valence electrons. The van der Waals surface area contributed by atoms with Gasteiger partial charge in [-0.3, -0.25) is 0 Å². The maximum Gasteiger partial charge on any atom is 0.125 e. The first kappa shape index (κ1) is 14.9. The van der Waals surface area contributed by atoms with Gasteiger partial charge in [0.2, 0.25) is 0 Å². The topological polar surface area (TPSA) is 34.1 Å². The van der Waals surface area contributed by atoms with Gasteiger partial charge in [0.15, 0.2) is 0 Å². The lowest BCUT2D eigenvalue weighted by atomic mass is 10.1. The molecule has 1 aromatic heterocycles. The summed E-state index contributed by atoms with van der Waals surface area (Å²) >= 11 is 1.83. The van der Waals surface area contributed by atoms with E-state index >= 15 is 0 Å². The van der Waals surface area contributed by atoms with Crippen molar-refractivity contribution in [1.29, 1.82) is 0 Å². The van der Waals surface area contributed by atoms with Crippen molar-refractivity contribution in [2.45, 2.75) is 65.0 Å². The number of ether oxygens (including phenoxy) is 1. The molecule has 1 aromatic rings. The second-order valence-electron chi connectivity index (χ2n) is 5.72. The normalized spacial score (nSPS) is 16.0. The van der Waals surface area contributed by atoms with Gasteiger partial charge in [0, 0.05) is 23.9 Å². The van der Waals surface area contributed by atoms with E-state index in [2.05, 4.69) is 26.1 Å². The summed E-state index contributed by atoms with van der Waals surface area (Å²) in [4.78, 5) is 6.31. The lowest BCUT2D eigenvalue weighted by Crippen LogP contribution is -2.21. The minimum absolute atomic E-state index is 0.258. The third-order valence-corrected chi connectivity index (χ3v) is 4.80. The van der Waals surface area contributed by atoms with Crippen LogP contribution in [0.3, 0.4) is 0 Å². The Morgan fingerprint density at radius 3 is 2.68 bits per heavy atom. The predicted octanol–water partition coefficient (Wildman–Crippen LogP) is 3.79. The first-order valence-electron chi connectivity index (χ1n) is 7.43. The van der Waals surface area contributed by atoms with Crippen molar-refractivity contribution in [3.8, 4) is 0 Å². The molecule has 19 heavy (non-hydrogen) atoms. The van der Waals surface area contributed by atoms with Crippen LogP contribution in [0.5, 0.6) is 0 Å². The molecule has 0 unspecified atom stereocenters. The molecule has 0 aliphatic heterocycles. The van der Waals surface area contributed by atoms with Crippen LogP contribution < -0.4 is 5.32 Å². The highest BCUT2D eigenvalue weighted by Gasteiger charge is 2.33. The van der Waals surface area contributed by atoms with Crippen LogP contribution in [0.25, 0.3) is 0 Å². The standard InChI is InChI=1S/C15H26N2OS/c1-5-9-16-10-12-13(11-7-8-11)17-14(19-12)15(3,4)18-6-2/h11,16H,5-10H2,1-4H3. The van der Waals surface area contributed by atoms with Crippen LogP contribution >= 0.6 is 11.3 Å². The van der Waals surface area contributed by atoms with Gasteiger partial charge in [0.25, 0.3) is 0 Å². The van der Waals surface area contributed by atoms with E-state index in [9.17, 15) is 0 Å². The number of aromatic nitrogens is 1. The number of hydrogen-bond donors (Lipinski definition) is 1. The van der Waals surface area contributed by atoms with E-state index in [0.717, 1.165) is 24.7 Å². The van der Waals surface area contributed by atoms with Crippen molar-refractivity contribution in [1.82, 2.24) is 10.3 Å². The highest BCUT2D eigenvalue weighted by atomic mass is 32.1. The molecule has 4 heteroatoms. The van der Waals surface area contributed by atoms with Crippen LogP contribution in [0.15, 0.2) is 0 Å². The van der Waals surface area contributed by atoms with Gasteiger partial charge in [-0.25, -0.2) is 4.98 Å².